The van der Waals surface area contributed by atoms with Crippen LogP contribution < -0.4 is 0 Å². The Balaban J connectivity index is 1.73. The van der Waals surface area contributed by atoms with Crippen LogP contribution in [0.1, 0.15) is 17.5 Å². The molecule has 6 rings (SSSR count). The van der Waals surface area contributed by atoms with Gasteiger partial charge >= 0.3 is 0 Å². The number of hydrogen-bond acceptors (Lipinski definition) is 2. The van der Waals surface area contributed by atoms with Crippen LogP contribution in [-0.2, 0) is 12.8 Å². The Morgan fingerprint density at radius 1 is 0.593 bits per heavy atom. The van der Waals surface area contributed by atoms with E-state index >= 15 is 0 Å². The standard InChI is InChI=1S/C25H18N2/c1-3-10-21-16(6-1)8-5-9-18-15-20-13-12-19-14-17-7-2-4-11-22(17)26-24(19)25(20)27-23(18)21/h1-4,6-7,10-15H,5,8-9H2. The minimum Gasteiger partial charge on any atom is -0.245 e. The summed E-state index contributed by atoms with van der Waals surface area (Å²) in [4.78, 5) is 10.2. The Morgan fingerprint density at radius 3 is 2.30 bits per heavy atom. The van der Waals surface area contributed by atoms with Crippen LogP contribution in [0.3, 0.4) is 0 Å². The highest BCUT2D eigenvalue weighted by Gasteiger charge is 2.17. The van der Waals surface area contributed by atoms with E-state index in [1.54, 1.807) is 0 Å². The van der Waals surface area contributed by atoms with Gasteiger partial charge in [0.1, 0.15) is 0 Å². The molecule has 0 saturated heterocycles. The summed E-state index contributed by atoms with van der Waals surface area (Å²) in [6.07, 6.45) is 3.37. The molecular formula is C25H18N2. The van der Waals surface area contributed by atoms with E-state index in [1.165, 1.54) is 33.9 Å². The van der Waals surface area contributed by atoms with Crippen molar-refractivity contribution in [2.45, 2.75) is 19.3 Å². The molecule has 0 unspecified atom stereocenters. The van der Waals surface area contributed by atoms with Crippen molar-refractivity contribution in [2.75, 3.05) is 0 Å². The molecule has 2 aromatic heterocycles. The van der Waals surface area contributed by atoms with Gasteiger partial charge in [-0.2, -0.15) is 0 Å². The molecule has 0 atom stereocenters. The minimum atomic E-state index is 0.996. The summed E-state index contributed by atoms with van der Waals surface area (Å²) < 4.78 is 0. The summed E-state index contributed by atoms with van der Waals surface area (Å²) in [6.45, 7) is 0. The quantitative estimate of drug-likeness (QED) is 0.250. The van der Waals surface area contributed by atoms with E-state index in [4.69, 9.17) is 9.97 Å². The summed E-state index contributed by atoms with van der Waals surface area (Å²) in [5.41, 5.74) is 8.20. The third-order valence-corrected chi connectivity index (χ3v) is 5.72. The van der Waals surface area contributed by atoms with Gasteiger partial charge in [-0.15, -0.1) is 0 Å². The van der Waals surface area contributed by atoms with Crippen molar-refractivity contribution in [1.29, 1.82) is 0 Å². The largest absolute Gasteiger partial charge is 0.245 e. The lowest BCUT2D eigenvalue weighted by atomic mass is 9.99. The third kappa shape index (κ3) is 2.26. The van der Waals surface area contributed by atoms with Crippen molar-refractivity contribution in [3.63, 3.8) is 0 Å². The van der Waals surface area contributed by atoms with E-state index in [0.29, 0.717) is 0 Å². The monoisotopic (exact) mass is 346 g/mol. The molecule has 0 bridgehead atoms. The second kappa shape index (κ2) is 5.62. The number of hydrogen-bond donors (Lipinski definition) is 0. The zero-order valence-electron chi connectivity index (χ0n) is 14.9. The van der Waals surface area contributed by atoms with Crippen molar-refractivity contribution < 1.29 is 0 Å². The van der Waals surface area contributed by atoms with Gasteiger partial charge in [0.25, 0.3) is 0 Å². The first-order chi connectivity index (χ1) is 13.4. The average molecular weight is 346 g/mol. The highest BCUT2D eigenvalue weighted by Crippen LogP contribution is 2.35. The van der Waals surface area contributed by atoms with Crippen molar-refractivity contribution >= 4 is 32.7 Å². The van der Waals surface area contributed by atoms with Crippen LogP contribution in [0.4, 0.5) is 0 Å². The van der Waals surface area contributed by atoms with Crippen molar-refractivity contribution in [1.82, 2.24) is 9.97 Å². The van der Waals surface area contributed by atoms with Crippen molar-refractivity contribution in [3.8, 4) is 11.3 Å². The second-order valence-electron chi connectivity index (χ2n) is 7.40. The lowest BCUT2D eigenvalue weighted by molar-refractivity contribution is 0.834. The van der Waals surface area contributed by atoms with Crippen LogP contribution in [0.2, 0.25) is 0 Å². The Morgan fingerprint density at radius 2 is 1.33 bits per heavy atom. The maximum atomic E-state index is 5.19. The van der Waals surface area contributed by atoms with Crippen molar-refractivity contribution in [3.05, 3.63) is 83.9 Å². The molecule has 0 aliphatic heterocycles. The van der Waals surface area contributed by atoms with Gasteiger partial charge in [-0.25, -0.2) is 9.97 Å². The molecule has 1 aliphatic rings. The molecular weight excluding hydrogens is 328 g/mol. The number of para-hydroxylation sites is 1. The molecule has 0 saturated carbocycles. The van der Waals surface area contributed by atoms with Crippen LogP contribution in [0.5, 0.6) is 0 Å². The molecule has 0 N–H and O–H groups in total. The van der Waals surface area contributed by atoms with Gasteiger partial charge in [-0.1, -0.05) is 54.6 Å². The number of nitrogens with zero attached hydrogens (tertiary/aromatic N) is 2. The Bertz CT molecular complexity index is 1350. The fourth-order valence-electron chi connectivity index (χ4n) is 4.38. The number of fused-ring (bicyclic) bond motifs is 7. The number of rotatable bonds is 0. The predicted molar refractivity (Wildman–Crippen MR) is 112 cm³/mol. The third-order valence-electron chi connectivity index (χ3n) is 5.72. The molecule has 2 heterocycles. The normalized spacial score (nSPS) is 13.5. The van der Waals surface area contributed by atoms with Crippen LogP contribution in [-0.4, -0.2) is 9.97 Å². The van der Waals surface area contributed by atoms with Gasteiger partial charge in [-0.05, 0) is 48.6 Å². The van der Waals surface area contributed by atoms with Crippen LogP contribution in [0, 0.1) is 0 Å². The van der Waals surface area contributed by atoms with Crippen LogP contribution >= 0.6 is 0 Å². The SMILES string of the molecule is c1ccc2c(c1)CCCc1cc3ccc4cc5ccccc5nc4c3nc1-2. The fraction of sp³-hybridized carbons (Fsp3) is 0.120. The number of pyridine rings is 2. The second-order valence-corrected chi connectivity index (χ2v) is 7.40. The summed E-state index contributed by atoms with van der Waals surface area (Å²) >= 11 is 0. The van der Waals surface area contributed by atoms with Gasteiger partial charge < -0.3 is 0 Å². The highest BCUT2D eigenvalue weighted by atomic mass is 14.8. The Labute approximate surface area is 157 Å². The smallest absolute Gasteiger partial charge is 0.0972 e. The summed E-state index contributed by atoms with van der Waals surface area (Å²) in [5, 5.41) is 3.50. The summed E-state index contributed by atoms with van der Waals surface area (Å²) in [7, 11) is 0. The molecule has 0 fully saturated rings. The van der Waals surface area contributed by atoms with Gasteiger partial charge in [0, 0.05) is 21.7 Å². The van der Waals surface area contributed by atoms with Gasteiger partial charge in [0.05, 0.1) is 22.2 Å². The molecule has 0 amide bonds. The maximum absolute atomic E-state index is 5.19. The minimum absolute atomic E-state index is 0.996. The number of aromatic nitrogens is 2. The maximum Gasteiger partial charge on any atom is 0.0972 e. The van der Waals surface area contributed by atoms with Crippen LogP contribution in [0.15, 0.2) is 72.8 Å². The van der Waals surface area contributed by atoms with E-state index in [2.05, 4.69) is 66.7 Å². The fourth-order valence-corrected chi connectivity index (χ4v) is 4.38. The van der Waals surface area contributed by atoms with Crippen LogP contribution in [0.25, 0.3) is 44.0 Å². The molecule has 0 spiro atoms. The summed E-state index contributed by atoms with van der Waals surface area (Å²) in [6, 6.07) is 25.9. The van der Waals surface area contributed by atoms with Crippen molar-refractivity contribution in [2.24, 2.45) is 0 Å². The molecule has 1 aliphatic carbocycles. The molecule has 27 heavy (non-hydrogen) atoms. The average Bonchev–Trinajstić information content (AvgIpc) is 2.90. The summed E-state index contributed by atoms with van der Waals surface area (Å²) in [5.74, 6) is 0. The first-order valence-electron chi connectivity index (χ1n) is 9.57. The van der Waals surface area contributed by atoms with Gasteiger partial charge in [0.15, 0.2) is 0 Å². The molecule has 2 heteroatoms. The molecule has 2 nitrogen and oxygen atoms in total. The first kappa shape index (κ1) is 14.9. The zero-order valence-corrected chi connectivity index (χ0v) is 14.9. The van der Waals surface area contributed by atoms with E-state index in [-0.39, 0.29) is 0 Å². The highest BCUT2D eigenvalue weighted by molar-refractivity contribution is 6.07. The van der Waals surface area contributed by atoms with Gasteiger partial charge in [-0.3, -0.25) is 0 Å². The molecule has 5 aromatic rings. The number of aryl methyl sites for hydroxylation is 2. The van der Waals surface area contributed by atoms with Gasteiger partial charge in [0.2, 0.25) is 0 Å². The van der Waals surface area contributed by atoms with E-state index < -0.39 is 0 Å². The van der Waals surface area contributed by atoms with E-state index in [9.17, 15) is 0 Å². The lowest BCUT2D eigenvalue weighted by Crippen LogP contribution is -1.95. The zero-order chi connectivity index (χ0) is 17.8. The first-order valence-corrected chi connectivity index (χ1v) is 9.57. The predicted octanol–water partition coefficient (Wildman–Crippen LogP) is 6.09. The van der Waals surface area contributed by atoms with E-state index in [0.717, 1.165) is 40.5 Å². The number of benzene rings is 3. The lowest BCUT2D eigenvalue weighted by Gasteiger charge is -2.12. The Kier molecular flexibility index (Phi) is 3.09. The molecule has 128 valence electrons. The topological polar surface area (TPSA) is 25.8 Å². The molecule has 0 radical (unpaired) electrons. The molecule has 3 aromatic carbocycles. The van der Waals surface area contributed by atoms with E-state index in [1.807, 2.05) is 6.07 Å². The Hall–Kier alpha value is -3.26.